The fourth-order valence-corrected chi connectivity index (χ4v) is 5.20. The first kappa shape index (κ1) is 22.8. The number of nitrogens with zero attached hydrogens (tertiary/aromatic N) is 5. The molecule has 0 spiro atoms. The molecule has 3 N–H and O–H groups in total. The molecule has 0 radical (unpaired) electrons. The standard InChI is InChI=1S/C28H32N8/c1-28(2)17-30-11-9-23(28)35-27-25-21(18-5-3-6-18)15-31-16-22(25)34-26(36-27)19-8-12-32-24(13-19)33-20-7-4-10-29-14-20/h4,7-8,10,12-16,18,23,30H,3,5-6,9,11,17H2,1-2H3,(H,32,33)(H,34,35,36)/t23-/m0/s1. The van der Waals surface area contributed by atoms with E-state index >= 15 is 0 Å². The number of hydrogen-bond donors (Lipinski definition) is 3. The Morgan fingerprint density at radius 3 is 2.69 bits per heavy atom. The Bertz CT molecular complexity index is 1370. The molecular formula is C28H32N8. The summed E-state index contributed by atoms with van der Waals surface area (Å²) in [7, 11) is 0. The maximum absolute atomic E-state index is 5.14. The van der Waals surface area contributed by atoms with E-state index < -0.39 is 0 Å². The van der Waals surface area contributed by atoms with Gasteiger partial charge in [0.25, 0.3) is 0 Å². The summed E-state index contributed by atoms with van der Waals surface area (Å²) in [6.07, 6.45) is 13.9. The van der Waals surface area contributed by atoms with Gasteiger partial charge in [-0.15, -0.1) is 0 Å². The van der Waals surface area contributed by atoms with Gasteiger partial charge in [0.15, 0.2) is 5.82 Å². The summed E-state index contributed by atoms with van der Waals surface area (Å²) in [5, 5.41) is 11.8. The second-order valence-corrected chi connectivity index (χ2v) is 10.6. The number of hydrogen-bond acceptors (Lipinski definition) is 8. The summed E-state index contributed by atoms with van der Waals surface area (Å²) in [4.78, 5) is 23.4. The molecule has 1 aliphatic heterocycles. The van der Waals surface area contributed by atoms with Gasteiger partial charge in [-0.1, -0.05) is 20.3 Å². The molecule has 1 aliphatic carbocycles. The van der Waals surface area contributed by atoms with E-state index in [0.717, 1.165) is 53.3 Å². The fraction of sp³-hybridized carbons (Fsp3) is 0.393. The second kappa shape index (κ2) is 9.43. The Hall–Kier alpha value is -3.65. The van der Waals surface area contributed by atoms with Crippen molar-refractivity contribution in [2.45, 2.75) is 51.5 Å². The second-order valence-electron chi connectivity index (χ2n) is 10.6. The van der Waals surface area contributed by atoms with E-state index in [9.17, 15) is 0 Å². The number of nitrogens with one attached hydrogen (secondary N) is 3. The average molecular weight is 481 g/mol. The molecule has 6 rings (SSSR count). The fourth-order valence-electron chi connectivity index (χ4n) is 5.20. The zero-order valence-electron chi connectivity index (χ0n) is 20.8. The highest BCUT2D eigenvalue weighted by Crippen LogP contribution is 2.42. The quantitative estimate of drug-likeness (QED) is 0.342. The molecule has 8 nitrogen and oxygen atoms in total. The minimum absolute atomic E-state index is 0.108. The van der Waals surface area contributed by atoms with E-state index in [1.165, 1.54) is 24.8 Å². The van der Waals surface area contributed by atoms with Gasteiger partial charge in [0.1, 0.15) is 11.6 Å². The summed E-state index contributed by atoms with van der Waals surface area (Å²) in [5.74, 6) is 2.84. The monoisotopic (exact) mass is 480 g/mol. The Kier molecular flexibility index (Phi) is 5.97. The Labute approximate surface area is 211 Å². The molecule has 0 bridgehead atoms. The lowest BCUT2D eigenvalue weighted by molar-refractivity contribution is 0.236. The number of fused-ring (bicyclic) bond motifs is 1. The topological polar surface area (TPSA) is 101 Å². The average Bonchev–Trinajstić information content (AvgIpc) is 2.85. The van der Waals surface area contributed by atoms with E-state index in [1.807, 2.05) is 36.7 Å². The Morgan fingerprint density at radius 1 is 1.00 bits per heavy atom. The van der Waals surface area contributed by atoms with E-state index in [1.54, 1.807) is 18.6 Å². The zero-order valence-corrected chi connectivity index (χ0v) is 20.8. The van der Waals surface area contributed by atoms with Gasteiger partial charge in [0.05, 0.1) is 23.6 Å². The number of aromatic nitrogens is 5. The summed E-state index contributed by atoms with van der Waals surface area (Å²) in [5.41, 5.74) is 4.05. The van der Waals surface area contributed by atoms with Gasteiger partial charge in [0, 0.05) is 42.1 Å². The summed E-state index contributed by atoms with van der Waals surface area (Å²) in [6, 6.07) is 8.11. The van der Waals surface area contributed by atoms with Crippen LogP contribution in [0.15, 0.2) is 55.2 Å². The molecule has 4 aromatic rings. The van der Waals surface area contributed by atoms with Crippen molar-refractivity contribution in [2.24, 2.45) is 5.41 Å². The van der Waals surface area contributed by atoms with Crippen molar-refractivity contribution in [2.75, 3.05) is 23.7 Å². The third-order valence-electron chi connectivity index (χ3n) is 7.58. The third-order valence-corrected chi connectivity index (χ3v) is 7.58. The molecule has 5 heterocycles. The molecule has 4 aromatic heterocycles. The normalized spacial score (nSPS) is 19.6. The van der Waals surface area contributed by atoms with E-state index in [-0.39, 0.29) is 5.41 Å². The van der Waals surface area contributed by atoms with Crippen molar-refractivity contribution in [1.29, 1.82) is 0 Å². The number of rotatable bonds is 6. The Morgan fingerprint density at radius 2 is 1.92 bits per heavy atom. The van der Waals surface area contributed by atoms with Crippen LogP contribution in [-0.4, -0.2) is 44.1 Å². The predicted octanol–water partition coefficient (Wildman–Crippen LogP) is 5.29. The van der Waals surface area contributed by atoms with Crippen LogP contribution in [0.1, 0.15) is 51.0 Å². The highest BCUT2D eigenvalue weighted by Gasteiger charge is 2.33. The van der Waals surface area contributed by atoms with Gasteiger partial charge >= 0.3 is 0 Å². The van der Waals surface area contributed by atoms with Gasteiger partial charge < -0.3 is 16.0 Å². The predicted molar refractivity (Wildman–Crippen MR) is 143 cm³/mol. The van der Waals surface area contributed by atoms with Crippen LogP contribution in [0.4, 0.5) is 17.3 Å². The summed E-state index contributed by atoms with van der Waals surface area (Å²) in [6.45, 7) is 6.61. The van der Waals surface area contributed by atoms with Crippen LogP contribution in [0.5, 0.6) is 0 Å². The highest BCUT2D eigenvalue weighted by molar-refractivity contribution is 5.93. The van der Waals surface area contributed by atoms with Crippen LogP contribution >= 0.6 is 0 Å². The van der Waals surface area contributed by atoms with Gasteiger partial charge in [-0.3, -0.25) is 9.97 Å². The minimum atomic E-state index is 0.108. The molecule has 1 atom stereocenters. The van der Waals surface area contributed by atoms with Crippen LogP contribution in [0, 0.1) is 5.41 Å². The van der Waals surface area contributed by atoms with E-state index in [4.69, 9.17) is 9.97 Å². The van der Waals surface area contributed by atoms with Crippen molar-refractivity contribution in [3.63, 3.8) is 0 Å². The smallest absolute Gasteiger partial charge is 0.162 e. The van der Waals surface area contributed by atoms with Crippen LogP contribution in [0.2, 0.25) is 0 Å². The number of piperidine rings is 1. The lowest BCUT2D eigenvalue weighted by Crippen LogP contribution is -2.49. The maximum Gasteiger partial charge on any atom is 0.162 e. The molecule has 1 saturated heterocycles. The van der Waals surface area contributed by atoms with Crippen molar-refractivity contribution < 1.29 is 0 Å². The minimum Gasteiger partial charge on any atom is -0.366 e. The van der Waals surface area contributed by atoms with Gasteiger partial charge in [-0.2, -0.15) is 0 Å². The van der Waals surface area contributed by atoms with E-state index in [2.05, 4.69) is 44.7 Å². The first-order chi connectivity index (χ1) is 17.6. The molecular weight excluding hydrogens is 448 g/mol. The molecule has 2 fully saturated rings. The lowest BCUT2D eigenvalue weighted by atomic mass is 9.78. The van der Waals surface area contributed by atoms with E-state index in [0.29, 0.717) is 17.8 Å². The first-order valence-corrected chi connectivity index (χ1v) is 12.8. The molecule has 8 heteroatoms. The third kappa shape index (κ3) is 4.48. The van der Waals surface area contributed by atoms with Crippen LogP contribution in [-0.2, 0) is 0 Å². The van der Waals surface area contributed by atoms with Crippen LogP contribution in [0.3, 0.4) is 0 Å². The molecule has 36 heavy (non-hydrogen) atoms. The van der Waals surface area contributed by atoms with Crippen LogP contribution < -0.4 is 16.0 Å². The van der Waals surface area contributed by atoms with Crippen molar-refractivity contribution >= 4 is 28.2 Å². The van der Waals surface area contributed by atoms with Gasteiger partial charge in [-0.25, -0.2) is 15.0 Å². The highest BCUT2D eigenvalue weighted by atomic mass is 15.1. The van der Waals surface area contributed by atoms with Crippen molar-refractivity contribution in [1.82, 2.24) is 30.2 Å². The lowest BCUT2D eigenvalue weighted by Gasteiger charge is -2.40. The molecule has 184 valence electrons. The molecule has 1 saturated carbocycles. The summed E-state index contributed by atoms with van der Waals surface area (Å²) < 4.78 is 0. The van der Waals surface area contributed by atoms with Gasteiger partial charge in [0.2, 0.25) is 0 Å². The largest absolute Gasteiger partial charge is 0.366 e. The molecule has 2 aliphatic rings. The number of pyridine rings is 3. The maximum atomic E-state index is 5.14. The number of anilines is 3. The molecule has 0 unspecified atom stereocenters. The van der Waals surface area contributed by atoms with Crippen LogP contribution in [0.25, 0.3) is 22.3 Å². The SMILES string of the molecule is CC1(C)CNCC[C@@H]1Nc1nc(-c2ccnc(Nc3cccnc3)c2)nc2cncc(C3CCC3)c12. The Balaban J connectivity index is 1.43. The van der Waals surface area contributed by atoms with Crippen molar-refractivity contribution in [3.8, 4) is 11.4 Å². The molecule has 0 aromatic carbocycles. The van der Waals surface area contributed by atoms with Gasteiger partial charge in [-0.05, 0) is 67.0 Å². The zero-order chi connectivity index (χ0) is 24.5. The first-order valence-electron chi connectivity index (χ1n) is 12.8. The van der Waals surface area contributed by atoms with Crippen molar-refractivity contribution in [3.05, 3.63) is 60.8 Å². The molecule has 0 amide bonds. The summed E-state index contributed by atoms with van der Waals surface area (Å²) >= 11 is 0.